The van der Waals surface area contributed by atoms with Gasteiger partial charge in [0.25, 0.3) is 5.91 Å². The Hall–Kier alpha value is -2.25. The minimum absolute atomic E-state index is 0.0253. The summed E-state index contributed by atoms with van der Waals surface area (Å²) in [5.41, 5.74) is 3.11. The monoisotopic (exact) mass is 428 g/mol. The average Bonchev–Trinajstić information content (AvgIpc) is 3.18. The van der Waals surface area contributed by atoms with E-state index < -0.39 is 0 Å². The van der Waals surface area contributed by atoms with Crippen LogP contribution in [0.25, 0.3) is 10.6 Å². The van der Waals surface area contributed by atoms with Gasteiger partial charge in [-0.25, -0.2) is 4.98 Å². The standard InChI is InChI=1S/C23H32N4O2S/c1-5-18-8-10-19(11-9-18)22-24-17(4)21(30-22)23(29)27-14-12-26(13-15-27)20(28)16-25(6-2)7-3/h8-11H,5-7,12-16H2,1-4H3. The number of carbonyl (C=O) groups excluding carboxylic acids is 2. The first-order valence-electron chi connectivity index (χ1n) is 10.8. The molecule has 0 atom stereocenters. The molecule has 1 aromatic carbocycles. The van der Waals surface area contributed by atoms with Crippen molar-refractivity contribution in [3.05, 3.63) is 40.4 Å². The predicted octanol–water partition coefficient (Wildman–Crippen LogP) is 3.31. The maximum atomic E-state index is 13.1. The summed E-state index contributed by atoms with van der Waals surface area (Å²) in [5, 5.41) is 0.881. The topological polar surface area (TPSA) is 56.8 Å². The van der Waals surface area contributed by atoms with Crippen molar-refractivity contribution in [3.8, 4) is 10.6 Å². The number of aromatic nitrogens is 1. The van der Waals surface area contributed by atoms with Crippen LogP contribution >= 0.6 is 11.3 Å². The Morgan fingerprint density at radius 2 is 1.60 bits per heavy atom. The molecule has 6 nitrogen and oxygen atoms in total. The lowest BCUT2D eigenvalue weighted by atomic mass is 10.1. The largest absolute Gasteiger partial charge is 0.338 e. The third kappa shape index (κ3) is 5.08. The molecule has 2 heterocycles. The molecule has 3 rings (SSSR count). The number of carbonyl (C=O) groups is 2. The number of benzene rings is 1. The molecule has 2 aromatic rings. The Bertz CT molecular complexity index is 866. The number of aryl methyl sites for hydroxylation is 2. The number of amides is 2. The van der Waals surface area contributed by atoms with Crippen molar-refractivity contribution in [2.75, 3.05) is 45.8 Å². The molecule has 2 amide bonds. The van der Waals surface area contributed by atoms with E-state index in [0.29, 0.717) is 37.6 Å². The predicted molar refractivity (Wildman–Crippen MR) is 122 cm³/mol. The second-order valence-corrected chi connectivity index (χ2v) is 8.62. The maximum Gasteiger partial charge on any atom is 0.265 e. The van der Waals surface area contributed by atoms with Crippen LogP contribution < -0.4 is 0 Å². The van der Waals surface area contributed by atoms with Crippen molar-refractivity contribution in [2.45, 2.75) is 34.1 Å². The number of hydrogen-bond acceptors (Lipinski definition) is 5. The zero-order valence-electron chi connectivity index (χ0n) is 18.5. The number of nitrogens with zero attached hydrogens (tertiary/aromatic N) is 4. The highest BCUT2D eigenvalue weighted by molar-refractivity contribution is 7.17. The van der Waals surface area contributed by atoms with E-state index in [1.54, 1.807) is 0 Å². The molecule has 1 fully saturated rings. The van der Waals surface area contributed by atoms with Gasteiger partial charge in [0.2, 0.25) is 5.91 Å². The number of hydrogen-bond donors (Lipinski definition) is 0. The molecule has 1 aromatic heterocycles. The molecule has 0 spiro atoms. The average molecular weight is 429 g/mol. The van der Waals surface area contributed by atoms with Crippen molar-refractivity contribution < 1.29 is 9.59 Å². The van der Waals surface area contributed by atoms with Gasteiger partial charge in [-0.2, -0.15) is 0 Å². The summed E-state index contributed by atoms with van der Waals surface area (Å²) in [6, 6.07) is 8.38. The molecular weight excluding hydrogens is 396 g/mol. The van der Waals surface area contributed by atoms with Crippen LogP contribution in [-0.4, -0.2) is 77.3 Å². The smallest absolute Gasteiger partial charge is 0.265 e. The van der Waals surface area contributed by atoms with Gasteiger partial charge in [0.05, 0.1) is 12.2 Å². The Kier molecular flexibility index (Phi) is 7.61. The minimum Gasteiger partial charge on any atom is -0.338 e. The van der Waals surface area contributed by atoms with E-state index in [2.05, 4.69) is 54.9 Å². The lowest BCUT2D eigenvalue weighted by molar-refractivity contribution is -0.133. The summed E-state index contributed by atoms with van der Waals surface area (Å²) in [6.45, 7) is 12.7. The van der Waals surface area contributed by atoms with Gasteiger partial charge in [-0.15, -0.1) is 11.3 Å². The normalized spacial score (nSPS) is 14.4. The minimum atomic E-state index is 0.0253. The molecule has 7 heteroatoms. The lowest BCUT2D eigenvalue weighted by Gasteiger charge is -2.35. The highest BCUT2D eigenvalue weighted by Crippen LogP contribution is 2.29. The number of rotatable bonds is 7. The van der Waals surface area contributed by atoms with Crippen LogP contribution in [0.15, 0.2) is 24.3 Å². The van der Waals surface area contributed by atoms with E-state index in [0.717, 1.165) is 35.8 Å². The van der Waals surface area contributed by atoms with E-state index in [1.165, 1.54) is 16.9 Å². The first-order valence-corrected chi connectivity index (χ1v) is 11.6. The van der Waals surface area contributed by atoms with E-state index >= 15 is 0 Å². The molecular formula is C23H32N4O2S. The molecule has 0 radical (unpaired) electrons. The summed E-state index contributed by atoms with van der Waals surface area (Å²) in [6.07, 6.45) is 1.00. The molecule has 0 saturated carbocycles. The van der Waals surface area contributed by atoms with Gasteiger partial charge in [0, 0.05) is 31.7 Å². The van der Waals surface area contributed by atoms with Crippen LogP contribution in [-0.2, 0) is 11.2 Å². The second kappa shape index (κ2) is 10.2. The summed E-state index contributed by atoms with van der Waals surface area (Å²) in [7, 11) is 0. The van der Waals surface area contributed by atoms with E-state index in [4.69, 9.17) is 0 Å². The lowest BCUT2D eigenvalue weighted by Crippen LogP contribution is -2.52. The van der Waals surface area contributed by atoms with Crippen molar-refractivity contribution in [1.82, 2.24) is 19.7 Å². The SMILES string of the molecule is CCc1ccc(-c2nc(C)c(C(=O)N3CCN(C(=O)CN(CC)CC)CC3)s2)cc1. The summed E-state index contributed by atoms with van der Waals surface area (Å²) in [4.78, 5) is 36.8. The van der Waals surface area contributed by atoms with Gasteiger partial charge >= 0.3 is 0 Å². The third-order valence-corrected chi connectivity index (χ3v) is 6.97. The van der Waals surface area contributed by atoms with E-state index in [9.17, 15) is 9.59 Å². The quantitative estimate of drug-likeness (QED) is 0.679. The van der Waals surface area contributed by atoms with Crippen LogP contribution in [0.2, 0.25) is 0 Å². The van der Waals surface area contributed by atoms with Crippen LogP contribution in [0.1, 0.15) is 41.7 Å². The van der Waals surface area contributed by atoms with Crippen LogP contribution in [0, 0.1) is 6.92 Å². The first-order chi connectivity index (χ1) is 14.5. The molecule has 0 bridgehead atoms. The molecule has 162 valence electrons. The number of thiazole rings is 1. The van der Waals surface area contributed by atoms with Crippen molar-refractivity contribution in [1.29, 1.82) is 0 Å². The van der Waals surface area contributed by atoms with E-state index in [1.807, 2.05) is 16.7 Å². The van der Waals surface area contributed by atoms with Crippen molar-refractivity contribution >= 4 is 23.2 Å². The summed E-state index contributed by atoms with van der Waals surface area (Å²) in [5.74, 6) is 0.176. The second-order valence-electron chi connectivity index (χ2n) is 7.62. The van der Waals surface area contributed by atoms with Crippen LogP contribution in [0.5, 0.6) is 0 Å². The Labute approximate surface area is 183 Å². The van der Waals surface area contributed by atoms with Crippen LogP contribution in [0.3, 0.4) is 0 Å². The van der Waals surface area contributed by atoms with Gasteiger partial charge in [0.1, 0.15) is 9.88 Å². The molecule has 1 saturated heterocycles. The fourth-order valence-corrected chi connectivity index (χ4v) is 4.68. The zero-order valence-corrected chi connectivity index (χ0v) is 19.3. The fourth-order valence-electron chi connectivity index (χ4n) is 3.64. The van der Waals surface area contributed by atoms with Gasteiger partial charge in [-0.05, 0) is 32.0 Å². The molecule has 0 aliphatic carbocycles. The first kappa shape index (κ1) is 22.4. The molecule has 1 aliphatic rings. The van der Waals surface area contributed by atoms with Gasteiger partial charge < -0.3 is 9.80 Å². The number of piperazine rings is 1. The molecule has 30 heavy (non-hydrogen) atoms. The van der Waals surface area contributed by atoms with Crippen molar-refractivity contribution in [2.24, 2.45) is 0 Å². The van der Waals surface area contributed by atoms with Crippen LogP contribution in [0.4, 0.5) is 0 Å². The molecule has 0 N–H and O–H groups in total. The zero-order chi connectivity index (χ0) is 21.7. The third-order valence-electron chi connectivity index (χ3n) is 5.77. The highest BCUT2D eigenvalue weighted by atomic mass is 32.1. The molecule has 0 unspecified atom stereocenters. The van der Waals surface area contributed by atoms with Gasteiger partial charge in [-0.3, -0.25) is 14.5 Å². The Balaban J connectivity index is 1.62. The highest BCUT2D eigenvalue weighted by Gasteiger charge is 2.27. The van der Waals surface area contributed by atoms with E-state index in [-0.39, 0.29) is 11.8 Å². The van der Waals surface area contributed by atoms with Gasteiger partial charge in [-0.1, -0.05) is 45.0 Å². The van der Waals surface area contributed by atoms with Crippen molar-refractivity contribution in [3.63, 3.8) is 0 Å². The van der Waals surface area contributed by atoms with Gasteiger partial charge in [0.15, 0.2) is 0 Å². The summed E-state index contributed by atoms with van der Waals surface area (Å²) < 4.78 is 0. The summed E-state index contributed by atoms with van der Waals surface area (Å²) >= 11 is 1.46. The fraction of sp³-hybridized carbons (Fsp3) is 0.522. The maximum absolute atomic E-state index is 13.1. The number of likely N-dealkylation sites (N-methyl/N-ethyl adjacent to an activating group) is 1. The molecule has 1 aliphatic heterocycles. The Morgan fingerprint density at radius 3 is 2.17 bits per heavy atom. The Morgan fingerprint density at radius 1 is 1.00 bits per heavy atom.